The molecule has 2 aromatic rings. The van der Waals surface area contributed by atoms with Crippen LogP contribution in [0.1, 0.15) is 6.92 Å². The number of nitrogens with zero attached hydrogens (tertiary/aromatic N) is 4. The molecule has 2 aromatic heterocycles. The molecule has 1 atom stereocenters. The van der Waals surface area contributed by atoms with Crippen LogP contribution < -0.4 is 11.0 Å². The molecule has 0 spiro atoms. The van der Waals surface area contributed by atoms with E-state index in [0.717, 1.165) is 26.2 Å². The highest BCUT2D eigenvalue weighted by Crippen LogP contribution is 1.99. The third-order valence-corrected chi connectivity index (χ3v) is 3.57. The van der Waals surface area contributed by atoms with Crippen LogP contribution >= 0.6 is 12.4 Å². The topological polar surface area (TPSA) is 54.6 Å². The molecule has 6 nitrogen and oxygen atoms in total. The molecule has 0 aliphatic carbocycles. The van der Waals surface area contributed by atoms with E-state index in [2.05, 4.69) is 22.2 Å². The number of piperazine rings is 1. The number of nitrogens with one attached hydrogen (secondary N) is 1. The van der Waals surface area contributed by atoms with Crippen molar-refractivity contribution < 1.29 is 0 Å². The van der Waals surface area contributed by atoms with Gasteiger partial charge in [0.2, 0.25) is 0 Å². The SMILES string of the molecule is CC1CN(CCn2nc3ccccn3c2=O)CCN1.Cl. The van der Waals surface area contributed by atoms with E-state index in [1.54, 1.807) is 15.3 Å². The Morgan fingerprint density at radius 3 is 3.00 bits per heavy atom. The van der Waals surface area contributed by atoms with E-state index in [4.69, 9.17) is 0 Å². The molecule has 110 valence electrons. The smallest absolute Gasteiger partial charge is 0.312 e. The number of aromatic nitrogens is 3. The van der Waals surface area contributed by atoms with Crippen LogP contribution in [-0.4, -0.2) is 51.3 Å². The Kier molecular flexibility index (Phi) is 4.80. The summed E-state index contributed by atoms with van der Waals surface area (Å²) in [6, 6.07) is 6.11. The number of pyridine rings is 1. The van der Waals surface area contributed by atoms with Gasteiger partial charge in [-0.3, -0.25) is 9.30 Å². The van der Waals surface area contributed by atoms with Gasteiger partial charge in [0, 0.05) is 38.4 Å². The first-order valence-electron chi connectivity index (χ1n) is 6.74. The van der Waals surface area contributed by atoms with Gasteiger partial charge in [-0.15, -0.1) is 17.5 Å². The van der Waals surface area contributed by atoms with E-state index in [-0.39, 0.29) is 18.1 Å². The summed E-state index contributed by atoms with van der Waals surface area (Å²) in [7, 11) is 0. The lowest BCUT2D eigenvalue weighted by Gasteiger charge is -2.31. The Bertz CT molecular complexity index is 622. The number of hydrogen-bond acceptors (Lipinski definition) is 4. The van der Waals surface area contributed by atoms with Crippen molar-refractivity contribution in [3.63, 3.8) is 0 Å². The maximum absolute atomic E-state index is 12.1. The van der Waals surface area contributed by atoms with Crippen molar-refractivity contribution >= 4 is 18.1 Å². The lowest BCUT2D eigenvalue weighted by molar-refractivity contribution is 0.197. The standard InChI is InChI=1S/C13H19N5O.ClH/c1-11-10-16(7-5-14-11)8-9-18-13(19)17-6-3-2-4-12(17)15-18;/h2-4,6,11,14H,5,7-10H2,1H3;1H. The van der Waals surface area contributed by atoms with Gasteiger partial charge in [0.05, 0.1) is 6.54 Å². The Hall–Kier alpha value is -1.37. The van der Waals surface area contributed by atoms with Crippen molar-refractivity contribution in [1.82, 2.24) is 24.4 Å². The van der Waals surface area contributed by atoms with Crippen LogP contribution in [0.2, 0.25) is 0 Å². The molecule has 1 saturated heterocycles. The van der Waals surface area contributed by atoms with Crippen LogP contribution in [0, 0.1) is 0 Å². The molecule has 0 bridgehead atoms. The zero-order valence-electron chi connectivity index (χ0n) is 11.5. The summed E-state index contributed by atoms with van der Waals surface area (Å²) in [4.78, 5) is 14.5. The van der Waals surface area contributed by atoms with E-state index >= 15 is 0 Å². The van der Waals surface area contributed by atoms with Crippen LogP contribution in [0.15, 0.2) is 29.2 Å². The van der Waals surface area contributed by atoms with Crippen molar-refractivity contribution in [1.29, 1.82) is 0 Å². The van der Waals surface area contributed by atoms with Crippen molar-refractivity contribution in [2.24, 2.45) is 0 Å². The number of halogens is 1. The van der Waals surface area contributed by atoms with Gasteiger partial charge < -0.3 is 5.32 Å². The average Bonchev–Trinajstić information content (AvgIpc) is 2.74. The van der Waals surface area contributed by atoms with Gasteiger partial charge >= 0.3 is 5.69 Å². The summed E-state index contributed by atoms with van der Waals surface area (Å²) >= 11 is 0. The van der Waals surface area contributed by atoms with Crippen molar-refractivity contribution in [2.75, 3.05) is 26.2 Å². The number of rotatable bonds is 3. The van der Waals surface area contributed by atoms with Crippen LogP contribution in [-0.2, 0) is 6.54 Å². The van der Waals surface area contributed by atoms with Crippen molar-refractivity contribution in [3.8, 4) is 0 Å². The summed E-state index contributed by atoms with van der Waals surface area (Å²) < 4.78 is 3.14. The molecule has 3 heterocycles. The van der Waals surface area contributed by atoms with E-state index in [0.29, 0.717) is 18.2 Å². The number of hydrogen-bond donors (Lipinski definition) is 1. The molecule has 1 unspecified atom stereocenters. The summed E-state index contributed by atoms with van der Waals surface area (Å²) in [5, 5.41) is 7.75. The molecular weight excluding hydrogens is 278 g/mol. The highest BCUT2D eigenvalue weighted by molar-refractivity contribution is 5.85. The Labute approximate surface area is 123 Å². The van der Waals surface area contributed by atoms with Crippen LogP contribution in [0.5, 0.6) is 0 Å². The first-order chi connectivity index (χ1) is 9.24. The predicted molar refractivity (Wildman–Crippen MR) is 80.6 cm³/mol. The van der Waals surface area contributed by atoms with Gasteiger partial charge in [-0.1, -0.05) is 6.07 Å². The summed E-state index contributed by atoms with van der Waals surface area (Å²) in [6.07, 6.45) is 1.76. The Morgan fingerprint density at radius 1 is 1.40 bits per heavy atom. The third-order valence-electron chi connectivity index (χ3n) is 3.57. The largest absolute Gasteiger partial charge is 0.350 e. The Morgan fingerprint density at radius 2 is 2.25 bits per heavy atom. The summed E-state index contributed by atoms with van der Waals surface area (Å²) in [5.41, 5.74) is 0.653. The molecule has 0 saturated carbocycles. The fraction of sp³-hybridized carbons (Fsp3) is 0.538. The molecule has 1 N–H and O–H groups in total. The van der Waals surface area contributed by atoms with Crippen molar-refractivity contribution in [3.05, 3.63) is 34.9 Å². The third kappa shape index (κ3) is 3.03. The second kappa shape index (κ2) is 6.39. The quantitative estimate of drug-likeness (QED) is 0.880. The second-order valence-corrected chi connectivity index (χ2v) is 5.09. The van der Waals surface area contributed by atoms with E-state index in [9.17, 15) is 4.79 Å². The minimum Gasteiger partial charge on any atom is -0.312 e. The van der Waals surface area contributed by atoms with Gasteiger partial charge in [0.1, 0.15) is 0 Å². The molecule has 1 aliphatic rings. The van der Waals surface area contributed by atoms with Gasteiger partial charge in [-0.2, -0.15) is 0 Å². The van der Waals surface area contributed by atoms with Crippen LogP contribution in [0.4, 0.5) is 0 Å². The van der Waals surface area contributed by atoms with E-state index in [1.165, 1.54) is 0 Å². The normalized spacial score (nSPS) is 19.9. The lowest BCUT2D eigenvalue weighted by Crippen LogP contribution is -2.50. The maximum atomic E-state index is 12.1. The average molecular weight is 298 g/mol. The first-order valence-corrected chi connectivity index (χ1v) is 6.74. The minimum atomic E-state index is -0.0567. The molecule has 20 heavy (non-hydrogen) atoms. The second-order valence-electron chi connectivity index (χ2n) is 5.09. The number of fused-ring (bicyclic) bond motifs is 1. The lowest BCUT2D eigenvalue weighted by atomic mass is 10.2. The molecule has 0 radical (unpaired) electrons. The zero-order chi connectivity index (χ0) is 13.2. The summed E-state index contributed by atoms with van der Waals surface area (Å²) in [5.74, 6) is 0. The van der Waals surface area contributed by atoms with Crippen molar-refractivity contribution in [2.45, 2.75) is 19.5 Å². The van der Waals surface area contributed by atoms with E-state index in [1.807, 2.05) is 18.2 Å². The van der Waals surface area contributed by atoms with Gasteiger partial charge in [-0.25, -0.2) is 9.48 Å². The molecule has 3 rings (SSSR count). The molecule has 1 fully saturated rings. The fourth-order valence-electron chi connectivity index (χ4n) is 2.57. The highest BCUT2D eigenvalue weighted by atomic mass is 35.5. The van der Waals surface area contributed by atoms with Gasteiger partial charge in [0.15, 0.2) is 5.65 Å². The van der Waals surface area contributed by atoms with Gasteiger partial charge in [0.25, 0.3) is 0 Å². The first kappa shape index (κ1) is 15.0. The molecular formula is C13H20ClN5O. The fourth-order valence-corrected chi connectivity index (χ4v) is 2.57. The van der Waals surface area contributed by atoms with Gasteiger partial charge in [-0.05, 0) is 19.1 Å². The molecule has 0 amide bonds. The van der Waals surface area contributed by atoms with Crippen LogP contribution in [0.25, 0.3) is 5.65 Å². The molecule has 7 heteroatoms. The minimum absolute atomic E-state index is 0. The predicted octanol–water partition coefficient (Wildman–Crippen LogP) is 0.212. The summed E-state index contributed by atoms with van der Waals surface area (Å²) in [6.45, 7) is 6.78. The highest BCUT2D eigenvalue weighted by Gasteiger charge is 2.15. The molecule has 1 aliphatic heterocycles. The van der Waals surface area contributed by atoms with E-state index < -0.39 is 0 Å². The monoisotopic (exact) mass is 297 g/mol. The molecule has 0 aromatic carbocycles. The van der Waals surface area contributed by atoms with Crippen LogP contribution in [0.3, 0.4) is 0 Å². The Balaban J connectivity index is 0.00000147. The zero-order valence-corrected chi connectivity index (χ0v) is 12.3. The maximum Gasteiger partial charge on any atom is 0.350 e.